The van der Waals surface area contributed by atoms with E-state index in [-0.39, 0.29) is 5.75 Å². The summed E-state index contributed by atoms with van der Waals surface area (Å²) in [4.78, 5) is 13.4. The summed E-state index contributed by atoms with van der Waals surface area (Å²) < 4.78 is 0. The van der Waals surface area contributed by atoms with E-state index >= 15 is 0 Å². The number of aromatic hydroxyl groups is 1. The van der Waals surface area contributed by atoms with Crippen LogP contribution in [0.1, 0.15) is 11.1 Å². The highest BCUT2D eigenvalue weighted by atomic mass is 16.3. The lowest BCUT2D eigenvalue weighted by molar-refractivity contribution is 0.476. The van der Waals surface area contributed by atoms with E-state index < -0.39 is 0 Å². The molecule has 2 aromatic heterocycles. The molecule has 4 aromatic rings. The van der Waals surface area contributed by atoms with Gasteiger partial charge in [0.25, 0.3) is 0 Å². The normalized spacial score (nSPS) is 10.8. The molecule has 5 heteroatoms. The zero-order valence-electron chi connectivity index (χ0n) is 14.3. The molecule has 0 unspecified atom stereocenters. The molecule has 0 radical (unpaired) electrons. The Morgan fingerprint density at radius 1 is 1.00 bits per heavy atom. The Kier molecular flexibility index (Phi) is 4.19. The highest BCUT2D eigenvalue weighted by Crippen LogP contribution is 2.31. The van der Waals surface area contributed by atoms with E-state index in [0.717, 1.165) is 27.8 Å². The smallest absolute Gasteiger partial charge is 0.165 e. The molecule has 0 saturated heterocycles. The Morgan fingerprint density at radius 2 is 1.88 bits per heavy atom. The minimum atomic E-state index is 0.179. The van der Waals surface area contributed by atoms with Gasteiger partial charge in [0.1, 0.15) is 11.6 Å². The zero-order valence-corrected chi connectivity index (χ0v) is 14.3. The van der Waals surface area contributed by atoms with E-state index in [0.29, 0.717) is 17.9 Å². The van der Waals surface area contributed by atoms with Crippen LogP contribution in [0.15, 0.2) is 67.0 Å². The summed E-state index contributed by atoms with van der Waals surface area (Å²) in [7, 11) is 0. The summed E-state index contributed by atoms with van der Waals surface area (Å²) in [5.74, 6) is 1.41. The average molecular weight is 342 g/mol. The fourth-order valence-corrected chi connectivity index (χ4v) is 2.85. The fraction of sp³-hybridized carbons (Fsp3) is 0.0952. The Labute approximate surface area is 151 Å². The van der Waals surface area contributed by atoms with Gasteiger partial charge >= 0.3 is 0 Å². The second-order valence-electron chi connectivity index (χ2n) is 6.15. The number of pyridine rings is 1. The Balaban J connectivity index is 1.78. The van der Waals surface area contributed by atoms with E-state index in [4.69, 9.17) is 0 Å². The number of benzene rings is 2. The van der Waals surface area contributed by atoms with Crippen molar-refractivity contribution in [2.75, 3.05) is 5.32 Å². The number of phenols is 1. The lowest BCUT2D eigenvalue weighted by atomic mass is 10.1. The topological polar surface area (TPSA) is 70.9 Å². The molecule has 0 aliphatic rings. The molecular weight excluding hydrogens is 324 g/mol. The summed E-state index contributed by atoms with van der Waals surface area (Å²) in [5, 5.41) is 14.6. The molecule has 26 heavy (non-hydrogen) atoms. The maximum atomic E-state index is 10.3. The second kappa shape index (κ2) is 6.80. The van der Waals surface area contributed by atoms with Crippen molar-refractivity contribution in [1.29, 1.82) is 0 Å². The number of aromatic nitrogens is 3. The van der Waals surface area contributed by atoms with E-state index in [9.17, 15) is 5.11 Å². The van der Waals surface area contributed by atoms with Crippen LogP contribution in [-0.2, 0) is 6.54 Å². The SMILES string of the molecule is Cc1ccc(-c2nc(NCc3cccnc3)c3ccccc3n2)c(O)c1. The molecule has 2 N–H and O–H groups in total. The van der Waals surface area contributed by atoms with Gasteiger partial charge in [0.2, 0.25) is 0 Å². The summed E-state index contributed by atoms with van der Waals surface area (Å²) in [5.41, 5.74) is 3.49. The van der Waals surface area contributed by atoms with Crippen molar-refractivity contribution < 1.29 is 5.11 Å². The summed E-state index contributed by atoms with van der Waals surface area (Å²) in [6.07, 6.45) is 3.57. The van der Waals surface area contributed by atoms with Crippen molar-refractivity contribution in [3.8, 4) is 17.1 Å². The van der Waals surface area contributed by atoms with Crippen molar-refractivity contribution in [2.45, 2.75) is 13.5 Å². The highest BCUT2D eigenvalue weighted by molar-refractivity contribution is 5.90. The van der Waals surface area contributed by atoms with Crippen molar-refractivity contribution in [2.24, 2.45) is 0 Å². The summed E-state index contributed by atoms with van der Waals surface area (Å²) in [6, 6.07) is 17.3. The van der Waals surface area contributed by atoms with Gasteiger partial charge in [0.15, 0.2) is 5.82 Å². The first-order chi connectivity index (χ1) is 12.7. The number of hydrogen-bond acceptors (Lipinski definition) is 5. The van der Waals surface area contributed by atoms with E-state index in [2.05, 4.69) is 20.3 Å². The van der Waals surface area contributed by atoms with Crippen molar-refractivity contribution in [3.05, 3.63) is 78.1 Å². The van der Waals surface area contributed by atoms with Crippen LogP contribution in [-0.4, -0.2) is 20.1 Å². The molecule has 0 atom stereocenters. The second-order valence-corrected chi connectivity index (χ2v) is 6.15. The molecule has 4 rings (SSSR count). The average Bonchev–Trinajstić information content (AvgIpc) is 2.67. The maximum absolute atomic E-state index is 10.3. The first kappa shape index (κ1) is 16.0. The minimum absolute atomic E-state index is 0.179. The number of nitrogens with zero attached hydrogens (tertiary/aromatic N) is 3. The third kappa shape index (κ3) is 3.19. The number of fused-ring (bicyclic) bond motifs is 1. The molecule has 0 aliphatic heterocycles. The molecule has 0 bridgehead atoms. The van der Waals surface area contributed by atoms with Gasteiger partial charge in [-0.25, -0.2) is 9.97 Å². The summed E-state index contributed by atoms with van der Waals surface area (Å²) >= 11 is 0. The van der Waals surface area contributed by atoms with Crippen molar-refractivity contribution in [3.63, 3.8) is 0 Å². The van der Waals surface area contributed by atoms with Crippen molar-refractivity contribution >= 4 is 16.7 Å². The lowest BCUT2D eigenvalue weighted by Crippen LogP contribution is -2.04. The maximum Gasteiger partial charge on any atom is 0.165 e. The number of aryl methyl sites for hydroxylation is 1. The number of nitrogens with one attached hydrogen (secondary N) is 1. The van der Waals surface area contributed by atoms with Crippen molar-refractivity contribution in [1.82, 2.24) is 15.0 Å². The van der Waals surface area contributed by atoms with Crippen LogP contribution in [0.25, 0.3) is 22.3 Å². The van der Waals surface area contributed by atoms with Gasteiger partial charge in [-0.2, -0.15) is 0 Å². The van der Waals surface area contributed by atoms with Gasteiger partial charge in [-0.1, -0.05) is 24.3 Å². The van der Waals surface area contributed by atoms with Crippen LogP contribution in [0.5, 0.6) is 5.75 Å². The van der Waals surface area contributed by atoms with Gasteiger partial charge in [0, 0.05) is 24.3 Å². The van der Waals surface area contributed by atoms with Crippen LogP contribution in [0, 0.1) is 6.92 Å². The molecule has 0 spiro atoms. The number of anilines is 1. The van der Waals surface area contributed by atoms with Gasteiger partial charge in [-0.15, -0.1) is 0 Å². The lowest BCUT2D eigenvalue weighted by Gasteiger charge is -2.12. The van der Waals surface area contributed by atoms with E-state index in [1.165, 1.54) is 0 Å². The molecule has 0 fully saturated rings. The number of rotatable bonds is 4. The van der Waals surface area contributed by atoms with Crippen LogP contribution < -0.4 is 5.32 Å². The van der Waals surface area contributed by atoms with Crippen LogP contribution in [0.3, 0.4) is 0 Å². The Bertz CT molecular complexity index is 1060. The van der Waals surface area contributed by atoms with Gasteiger partial charge < -0.3 is 10.4 Å². The standard InChI is InChI=1S/C21H18N4O/c1-14-8-9-17(19(26)11-14)21-24-18-7-3-2-6-16(18)20(25-21)23-13-15-5-4-10-22-12-15/h2-12,26H,13H2,1H3,(H,23,24,25). The molecule has 128 valence electrons. The Hall–Kier alpha value is -3.47. The fourth-order valence-electron chi connectivity index (χ4n) is 2.85. The molecule has 2 aromatic carbocycles. The minimum Gasteiger partial charge on any atom is -0.507 e. The quantitative estimate of drug-likeness (QED) is 0.578. The zero-order chi connectivity index (χ0) is 17.9. The number of para-hydroxylation sites is 1. The molecule has 0 amide bonds. The highest BCUT2D eigenvalue weighted by Gasteiger charge is 2.12. The molecule has 2 heterocycles. The summed E-state index contributed by atoms with van der Waals surface area (Å²) in [6.45, 7) is 2.54. The number of hydrogen-bond donors (Lipinski definition) is 2. The Morgan fingerprint density at radius 3 is 2.69 bits per heavy atom. The third-order valence-electron chi connectivity index (χ3n) is 4.18. The first-order valence-electron chi connectivity index (χ1n) is 8.40. The van der Waals surface area contributed by atoms with Crippen LogP contribution >= 0.6 is 0 Å². The number of phenolic OH excluding ortho intramolecular Hbond substituents is 1. The predicted octanol–water partition coefficient (Wildman–Crippen LogP) is 4.32. The largest absolute Gasteiger partial charge is 0.507 e. The third-order valence-corrected chi connectivity index (χ3v) is 4.18. The first-order valence-corrected chi connectivity index (χ1v) is 8.40. The van der Waals surface area contributed by atoms with Crippen LogP contribution in [0.4, 0.5) is 5.82 Å². The molecule has 0 saturated carbocycles. The van der Waals surface area contributed by atoms with E-state index in [1.54, 1.807) is 12.3 Å². The molecular formula is C21H18N4O. The predicted molar refractivity (Wildman–Crippen MR) is 103 cm³/mol. The molecule has 5 nitrogen and oxygen atoms in total. The van der Waals surface area contributed by atoms with Crippen LogP contribution in [0.2, 0.25) is 0 Å². The van der Waals surface area contributed by atoms with Gasteiger partial charge in [-0.05, 0) is 48.4 Å². The van der Waals surface area contributed by atoms with E-state index in [1.807, 2.05) is 61.7 Å². The van der Waals surface area contributed by atoms with Gasteiger partial charge in [0.05, 0.1) is 11.1 Å². The molecule has 0 aliphatic carbocycles. The monoisotopic (exact) mass is 342 g/mol. The van der Waals surface area contributed by atoms with Gasteiger partial charge in [-0.3, -0.25) is 4.98 Å².